The first-order valence-electron chi connectivity index (χ1n) is 25.8. The number of hydrogen-bond donors (Lipinski definition) is 3. The molecule has 2 fully saturated rings. The molecule has 15 nitrogen and oxygen atoms in total. The minimum atomic E-state index is -1.61. The van der Waals surface area contributed by atoms with Gasteiger partial charge < -0.3 is 48.6 Å². The number of methoxy groups -OCH3 is 4. The lowest BCUT2D eigenvalue weighted by Gasteiger charge is -2.37. The van der Waals surface area contributed by atoms with E-state index in [2.05, 4.69) is 0 Å². The van der Waals surface area contributed by atoms with Crippen LogP contribution in [0.1, 0.15) is 132 Å². The van der Waals surface area contributed by atoms with Gasteiger partial charge in [0, 0.05) is 72.9 Å². The maximum absolute atomic E-state index is 14.4. The van der Waals surface area contributed by atoms with Crippen molar-refractivity contribution in [1.82, 2.24) is 4.90 Å². The van der Waals surface area contributed by atoms with Gasteiger partial charge in [0.15, 0.2) is 5.78 Å². The third-order valence-electron chi connectivity index (χ3n) is 14.9. The van der Waals surface area contributed by atoms with Gasteiger partial charge in [0.05, 0.1) is 24.4 Å². The number of cyclic esters (lactones) is 1. The highest BCUT2D eigenvalue weighted by molar-refractivity contribution is 6.38. The lowest BCUT2D eigenvalue weighted by molar-refractivity contribution is -0.167. The summed E-state index contributed by atoms with van der Waals surface area (Å²) in [7, 11) is 6.27. The predicted octanol–water partition coefficient (Wildman–Crippen LogP) is 6.88. The van der Waals surface area contributed by atoms with E-state index in [1.54, 1.807) is 48.2 Å². The van der Waals surface area contributed by atoms with Crippen LogP contribution in [0.2, 0.25) is 0 Å². The van der Waals surface area contributed by atoms with Crippen LogP contribution in [0.3, 0.4) is 0 Å². The summed E-state index contributed by atoms with van der Waals surface area (Å²) in [5, 5.41) is 31.4. The van der Waals surface area contributed by atoms with Crippen LogP contribution in [0.4, 0.5) is 0 Å². The molecule has 0 aromatic carbocycles. The molecule has 1 saturated heterocycles. The quantitative estimate of drug-likeness (QED) is 0.0837. The van der Waals surface area contributed by atoms with Crippen molar-refractivity contribution in [2.45, 2.75) is 187 Å². The van der Waals surface area contributed by atoms with Gasteiger partial charge in [-0.1, -0.05) is 71.1 Å². The molecule has 3 unspecified atom stereocenters. The normalized spacial score (nSPS) is 34.5. The third-order valence-corrected chi connectivity index (χ3v) is 14.9. The molecular formula is C55H89NO14. The van der Waals surface area contributed by atoms with E-state index in [4.69, 9.17) is 28.4 Å². The van der Waals surface area contributed by atoms with Gasteiger partial charge in [-0.2, -0.15) is 0 Å². The molecule has 15 heteroatoms. The summed E-state index contributed by atoms with van der Waals surface area (Å²) in [5.74, 6) is -4.91. The van der Waals surface area contributed by atoms with Gasteiger partial charge in [0.1, 0.15) is 36.2 Å². The SMILES string of the molecule is COC1C[C@@H](OC)CC[C@@H](C)[C@H](O)C(=O)C(=O)N2CCCC[C@H]2C(=O)O[C@H]([C@H](C)C[C@@H]2CC[C@@H](O)C(OC)C2)CC(=O)[C@H](C)C=C(C)[C@@H](OCCCO)C(OC)C(=O)[C@H](C)C[C@H](C)C=CC=CC=C1C. The Bertz CT molecular complexity index is 1780. The van der Waals surface area contributed by atoms with Gasteiger partial charge in [-0.15, -0.1) is 0 Å². The van der Waals surface area contributed by atoms with Crippen LogP contribution in [-0.4, -0.2) is 153 Å². The Hall–Kier alpha value is -3.41. The Balaban J connectivity index is 2.06. The number of aliphatic hydroxyl groups excluding tert-OH is 3. The fourth-order valence-corrected chi connectivity index (χ4v) is 10.3. The number of carbonyl (C=O) groups is 5. The molecule has 0 aromatic rings. The van der Waals surface area contributed by atoms with E-state index in [-0.39, 0.29) is 80.2 Å². The van der Waals surface area contributed by atoms with Crippen molar-refractivity contribution < 1.29 is 67.7 Å². The minimum absolute atomic E-state index is 0.0408. The largest absolute Gasteiger partial charge is 0.460 e. The zero-order chi connectivity index (χ0) is 52.1. The van der Waals surface area contributed by atoms with Crippen molar-refractivity contribution in [2.24, 2.45) is 35.5 Å². The Morgan fingerprint density at radius 2 is 1.53 bits per heavy atom. The highest BCUT2D eigenvalue weighted by Gasteiger charge is 2.42. The zero-order valence-corrected chi connectivity index (χ0v) is 44.2. The second-order valence-corrected chi connectivity index (χ2v) is 20.5. The smallest absolute Gasteiger partial charge is 0.329 e. The highest BCUT2D eigenvalue weighted by Crippen LogP contribution is 2.34. The molecule has 0 aromatic heterocycles. The van der Waals surface area contributed by atoms with E-state index in [0.717, 1.165) is 12.0 Å². The minimum Gasteiger partial charge on any atom is -0.460 e. The Morgan fingerprint density at radius 1 is 0.800 bits per heavy atom. The molecule has 0 radical (unpaired) electrons. The average Bonchev–Trinajstić information content (AvgIpc) is 3.34. The van der Waals surface area contributed by atoms with Gasteiger partial charge in [-0.05, 0) is 119 Å². The first kappa shape index (κ1) is 60.9. The van der Waals surface area contributed by atoms with E-state index in [9.17, 15) is 39.3 Å². The van der Waals surface area contributed by atoms with Crippen LogP contribution in [0.5, 0.6) is 0 Å². The van der Waals surface area contributed by atoms with Gasteiger partial charge in [-0.3, -0.25) is 19.2 Å². The molecule has 1 amide bonds. The first-order valence-corrected chi connectivity index (χ1v) is 25.8. The molecule has 15 atom stereocenters. The zero-order valence-electron chi connectivity index (χ0n) is 44.2. The van der Waals surface area contributed by atoms with Crippen LogP contribution in [0.25, 0.3) is 0 Å². The second-order valence-electron chi connectivity index (χ2n) is 20.5. The molecular weight excluding hydrogens is 899 g/mol. The average molecular weight is 988 g/mol. The second kappa shape index (κ2) is 31.2. The van der Waals surface area contributed by atoms with Crippen molar-refractivity contribution in [1.29, 1.82) is 0 Å². The van der Waals surface area contributed by atoms with Gasteiger partial charge in [0.2, 0.25) is 5.78 Å². The number of fused-ring (bicyclic) bond motifs is 1. The van der Waals surface area contributed by atoms with Crippen LogP contribution in [-0.2, 0) is 52.4 Å². The third kappa shape index (κ3) is 18.6. The molecule has 3 N–H and O–H groups in total. The van der Waals surface area contributed by atoms with Crippen LogP contribution in [0, 0.1) is 35.5 Å². The van der Waals surface area contributed by atoms with Crippen LogP contribution >= 0.6 is 0 Å². The summed E-state index contributed by atoms with van der Waals surface area (Å²) >= 11 is 0. The summed E-state index contributed by atoms with van der Waals surface area (Å²) in [6, 6.07) is -1.10. The highest BCUT2D eigenvalue weighted by atomic mass is 16.5. The lowest BCUT2D eigenvalue weighted by atomic mass is 9.78. The monoisotopic (exact) mass is 988 g/mol. The standard InChI is InChI=1S/C55H89NO14/c1-34-18-13-12-14-19-35(2)46(66-9)32-42(65-8)23-21-36(3)49(60)51(62)54(63)56-25-16-15-20-43(56)55(64)70-47(38(5)30-41-22-24-44(58)48(31-41)67-10)33-45(59)37(4)29-40(7)52(69-27-17-26-57)53(68-11)50(61)39(6)28-34/h12-14,18-19,29,34,36-39,41-44,46-49,52-53,57-58,60H,15-17,20-28,30-33H2,1-11H3/t34-,36-,37-,38-,39-,41+,42+,43+,44-,46?,47+,48?,49+,52-,53?/m1/s1. The summed E-state index contributed by atoms with van der Waals surface area (Å²) in [4.78, 5) is 71.9. The van der Waals surface area contributed by atoms with Crippen molar-refractivity contribution in [3.8, 4) is 0 Å². The van der Waals surface area contributed by atoms with E-state index in [1.165, 1.54) is 12.0 Å². The molecule has 1 saturated carbocycles. The summed E-state index contributed by atoms with van der Waals surface area (Å²) < 4.78 is 35.6. The Labute approximate surface area is 418 Å². The number of allylic oxidation sites excluding steroid dienone is 6. The number of ketones is 3. The molecule has 0 bridgehead atoms. The summed E-state index contributed by atoms with van der Waals surface area (Å²) in [6.45, 7) is 13.2. The molecule has 70 heavy (non-hydrogen) atoms. The fourth-order valence-electron chi connectivity index (χ4n) is 10.3. The molecule has 1 aliphatic carbocycles. The van der Waals surface area contributed by atoms with Crippen molar-refractivity contribution in [2.75, 3.05) is 48.2 Å². The number of piperidine rings is 1. The lowest BCUT2D eigenvalue weighted by Crippen LogP contribution is -2.54. The number of esters is 1. The van der Waals surface area contributed by atoms with Crippen molar-refractivity contribution >= 4 is 29.2 Å². The number of hydrogen-bond acceptors (Lipinski definition) is 14. The number of nitrogens with zero attached hydrogens (tertiary/aromatic N) is 1. The fraction of sp³-hybridized carbons (Fsp3) is 0.764. The predicted molar refractivity (Wildman–Crippen MR) is 268 cm³/mol. The van der Waals surface area contributed by atoms with E-state index >= 15 is 0 Å². The molecule has 2 aliphatic heterocycles. The topological polar surface area (TPSA) is 205 Å². The van der Waals surface area contributed by atoms with Gasteiger partial charge in [0.25, 0.3) is 5.91 Å². The summed E-state index contributed by atoms with van der Waals surface area (Å²) in [6.07, 6.45) is 11.7. The maximum atomic E-state index is 14.4. The van der Waals surface area contributed by atoms with Gasteiger partial charge >= 0.3 is 5.97 Å². The van der Waals surface area contributed by atoms with Crippen LogP contribution < -0.4 is 0 Å². The maximum Gasteiger partial charge on any atom is 0.329 e. The molecule has 3 rings (SSSR count). The van der Waals surface area contributed by atoms with E-state index < -0.39 is 72.0 Å². The number of aliphatic hydroxyl groups is 3. The number of amides is 1. The van der Waals surface area contributed by atoms with Crippen molar-refractivity contribution in [3.63, 3.8) is 0 Å². The van der Waals surface area contributed by atoms with E-state index in [0.29, 0.717) is 69.8 Å². The number of Topliss-reactive ketones (excluding diaryl/α,β-unsaturated/α-hetero) is 3. The van der Waals surface area contributed by atoms with Crippen molar-refractivity contribution in [3.05, 3.63) is 47.6 Å². The Morgan fingerprint density at radius 3 is 2.19 bits per heavy atom. The van der Waals surface area contributed by atoms with Gasteiger partial charge in [-0.25, -0.2) is 4.79 Å². The van der Waals surface area contributed by atoms with E-state index in [1.807, 2.05) is 58.1 Å². The number of carbonyl (C=O) groups excluding carboxylic acids is 5. The molecule has 3 aliphatic rings. The first-order chi connectivity index (χ1) is 33.3. The number of ether oxygens (including phenoxy) is 6. The molecule has 2 heterocycles. The Kier molecular flexibility index (Phi) is 27.2. The molecule has 0 spiro atoms. The summed E-state index contributed by atoms with van der Waals surface area (Å²) in [5.41, 5.74) is 1.57. The van der Waals surface area contributed by atoms with Crippen LogP contribution in [0.15, 0.2) is 47.6 Å². The number of rotatable bonds is 11. The molecule has 398 valence electrons.